The molecule has 0 spiro atoms. The summed E-state index contributed by atoms with van der Waals surface area (Å²) in [5.41, 5.74) is 9.65. The van der Waals surface area contributed by atoms with Gasteiger partial charge in [-0.25, -0.2) is 0 Å². The third-order valence-corrected chi connectivity index (χ3v) is 5.68. The number of benzene rings is 2. The lowest BCUT2D eigenvalue weighted by molar-refractivity contribution is 0.0947. The van der Waals surface area contributed by atoms with E-state index in [1.54, 1.807) is 0 Å². The highest BCUT2D eigenvalue weighted by Crippen LogP contribution is 2.22. The molecule has 3 aromatic rings. The van der Waals surface area contributed by atoms with Gasteiger partial charge in [-0.15, -0.1) is 0 Å². The van der Waals surface area contributed by atoms with Crippen LogP contribution in [-0.2, 0) is 6.54 Å². The maximum absolute atomic E-state index is 5.97. The normalized spacial score (nSPS) is 16.3. The van der Waals surface area contributed by atoms with Crippen molar-refractivity contribution >= 4 is 17.6 Å². The lowest BCUT2D eigenvalue weighted by Gasteiger charge is -2.37. The highest BCUT2D eigenvalue weighted by molar-refractivity contribution is 5.53. The summed E-state index contributed by atoms with van der Waals surface area (Å²) >= 11 is 0. The number of hydrogen-bond donors (Lipinski definition) is 2. The van der Waals surface area contributed by atoms with Crippen molar-refractivity contribution < 1.29 is 0 Å². The van der Waals surface area contributed by atoms with Crippen molar-refractivity contribution in [1.29, 1.82) is 0 Å². The average Bonchev–Trinajstić information content (AvgIpc) is 2.76. The third kappa shape index (κ3) is 4.93. The lowest BCUT2D eigenvalue weighted by Crippen LogP contribution is -2.47. The van der Waals surface area contributed by atoms with Gasteiger partial charge >= 0.3 is 0 Å². The van der Waals surface area contributed by atoms with Crippen molar-refractivity contribution in [3.63, 3.8) is 0 Å². The van der Waals surface area contributed by atoms with Gasteiger partial charge in [0.1, 0.15) is 0 Å². The molecule has 4 rings (SSSR count). The van der Waals surface area contributed by atoms with Crippen LogP contribution < -0.4 is 11.1 Å². The Morgan fingerprint density at radius 3 is 2.37 bits per heavy atom. The first-order valence-corrected chi connectivity index (χ1v) is 10.4. The molecule has 0 saturated carbocycles. The number of rotatable bonds is 6. The van der Waals surface area contributed by atoms with Gasteiger partial charge in [0.05, 0.1) is 6.04 Å². The zero-order valence-electron chi connectivity index (χ0n) is 17.6. The zero-order valence-corrected chi connectivity index (χ0v) is 17.6. The summed E-state index contributed by atoms with van der Waals surface area (Å²) in [6, 6.07) is 18.5. The Bertz CT molecular complexity index is 968. The van der Waals surface area contributed by atoms with Crippen LogP contribution in [0.2, 0.25) is 0 Å². The molecule has 1 aromatic heterocycles. The summed E-state index contributed by atoms with van der Waals surface area (Å²) in [4.78, 5) is 18.2. The first-order valence-electron chi connectivity index (χ1n) is 10.4. The van der Waals surface area contributed by atoms with Crippen molar-refractivity contribution in [3.05, 3.63) is 71.5 Å². The van der Waals surface area contributed by atoms with Gasteiger partial charge in [0, 0.05) is 38.4 Å². The number of nitrogens with two attached hydrogens (primary N) is 1. The Morgan fingerprint density at radius 2 is 1.63 bits per heavy atom. The van der Waals surface area contributed by atoms with Crippen LogP contribution in [0.15, 0.2) is 54.6 Å². The van der Waals surface area contributed by atoms with E-state index in [4.69, 9.17) is 5.73 Å². The summed E-state index contributed by atoms with van der Waals surface area (Å²) in [5, 5.41) is 3.21. The molecule has 1 aliphatic rings. The van der Waals surface area contributed by atoms with Crippen LogP contribution in [0.5, 0.6) is 0 Å². The molecule has 2 heterocycles. The summed E-state index contributed by atoms with van der Waals surface area (Å²) in [6.07, 6.45) is 0. The van der Waals surface area contributed by atoms with Gasteiger partial charge in [0.2, 0.25) is 11.9 Å². The standard InChI is InChI=1S/C23H29N7/c1-17-8-6-7-9-19(17)16-29-12-14-30(15-13-29)18(2)21-26-22(24)28-23(27-21)25-20-10-4-3-5-11-20/h3-11,18H,12-16H2,1-2H3,(H3,24,25,26,27,28). The second-order valence-electron chi connectivity index (χ2n) is 7.78. The van der Waals surface area contributed by atoms with Crippen LogP contribution in [0.25, 0.3) is 0 Å². The molecule has 1 unspecified atom stereocenters. The fourth-order valence-electron chi connectivity index (χ4n) is 3.80. The number of anilines is 3. The van der Waals surface area contributed by atoms with Gasteiger partial charge in [-0.1, -0.05) is 42.5 Å². The van der Waals surface area contributed by atoms with E-state index in [2.05, 4.69) is 68.2 Å². The van der Waals surface area contributed by atoms with Crippen LogP contribution in [0, 0.1) is 6.92 Å². The molecular weight excluding hydrogens is 374 g/mol. The Balaban J connectivity index is 1.39. The smallest absolute Gasteiger partial charge is 0.232 e. The Morgan fingerprint density at radius 1 is 0.933 bits per heavy atom. The van der Waals surface area contributed by atoms with Crippen LogP contribution in [-0.4, -0.2) is 50.9 Å². The number of aryl methyl sites for hydroxylation is 1. The molecule has 1 fully saturated rings. The van der Waals surface area contributed by atoms with Crippen molar-refractivity contribution in [2.75, 3.05) is 37.2 Å². The monoisotopic (exact) mass is 403 g/mol. The minimum absolute atomic E-state index is 0.0761. The third-order valence-electron chi connectivity index (χ3n) is 5.68. The quantitative estimate of drug-likeness (QED) is 0.653. The molecule has 0 aliphatic carbocycles. The SMILES string of the molecule is Cc1ccccc1CN1CCN(C(C)c2nc(N)nc(Nc3ccccc3)n2)CC1. The van der Waals surface area contributed by atoms with E-state index in [9.17, 15) is 0 Å². The molecule has 156 valence electrons. The second-order valence-corrected chi connectivity index (χ2v) is 7.78. The minimum Gasteiger partial charge on any atom is -0.368 e. The average molecular weight is 404 g/mol. The molecule has 7 nitrogen and oxygen atoms in total. The number of nitrogens with zero attached hydrogens (tertiary/aromatic N) is 5. The van der Waals surface area contributed by atoms with Gasteiger partial charge in [0.15, 0.2) is 5.82 Å². The van der Waals surface area contributed by atoms with Gasteiger partial charge in [-0.3, -0.25) is 9.80 Å². The lowest BCUT2D eigenvalue weighted by atomic mass is 10.1. The van der Waals surface area contributed by atoms with Gasteiger partial charge < -0.3 is 11.1 Å². The molecule has 2 aromatic carbocycles. The van der Waals surface area contributed by atoms with Crippen LogP contribution in [0.4, 0.5) is 17.6 Å². The van der Waals surface area contributed by atoms with Crippen LogP contribution >= 0.6 is 0 Å². The van der Waals surface area contributed by atoms with E-state index in [1.807, 2.05) is 30.3 Å². The molecule has 1 saturated heterocycles. The first-order chi connectivity index (χ1) is 14.6. The maximum Gasteiger partial charge on any atom is 0.232 e. The molecule has 0 radical (unpaired) electrons. The topological polar surface area (TPSA) is 83.2 Å². The van der Waals surface area contributed by atoms with Crippen molar-refractivity contribution in [1.82, 2.24) is 24.8 Å². The molecule has 7 heteroatoms. The molecule has 1 aliphatic heterocycles. The van der Waals surface area contributed by atoms with Crippen molar-refractivity contribution in [2.45, 2.75) is 26.4 Å². The van der Waals surface area contributed by atoms with Gasteiger partial charge in [-0.05, 0) is 37.1 Å². The Kier molecular flexibility index (Phi) is 6.21. The van der Waals surface area contributed by atoms with Crippen LogP contribution in [0.1, 0.15) is 29.9 Å². The number of nitrogens with one attached hydrogen (secondary N) is 1. The largest absolute Gasteiger partial charge is 0.368 e. The van der Waals surface area contributed by atoms with E-state index in [0.29, 0.717) is 11.8 Å². The number of piperazine rings is 1. The second kappa shape index (κ2) is 9.19. The zero-order chi connectivity index (χ0) is 20.9. The van der Waals surface area contributed by atoms with E-state index in [0.717, 1.165) is 38.4 Å². The fraction of sp³-hybridized carbons (Fsp3) is 0.348. The molecule has 1 atom stereocenters. The van der Waals surface area contributed by atoms with E-state index in [-0.39, 0.29) is 12.0 Å². The number of aromatic nitrogens is 3. The van der Waals surface area contributed by atoms with E-state index in [1.165, 1.54) is 11.1 Å². The molecule has 3 N–H and O–H groups in total. The molecule has 30 heavy (non-hydrogen) atoms. The molecule has 0 bridgehead atoms. The maximum atomic E-state index is 5.97. The summed E-state index contributed by atoms with van der Waals surface area (Å²) in [7, 11) is 0. The predicted molar refractivity (Wildman–Crippen MR) is 120 cm³/mol. The van der Waals surface area contributed by atoms with E-state index < -0.39 is 0 Å². The summed E-state index contributed by atoms with van der Waals surface area (Å²) < 4.78 is 0. The summed E-state index contributed by atoms with van der Waals surface area (Å²) in [6.45, 7) is 9.31. The number of nitrogen functional groups attached to an aromatic ring is 1. The predicted octanol–water partition coefficient (Wildman–Crippen LogP) is 3.38. The van der Waals surface area contributed by atoms with Crippen molar-refractivity contribution in [3.8, 4) is 0 Å². The number of hydrogen-bond acceptors (Lipinski definition) is 7. The highest BCUT2D eigenvalue weighted by Gasteiger charge is 2.24. The molecule has 0 amide bonds. The highest BCUT2D eigenvalue weighted by atomic mass is 15.3. The van der Waals surface area contributed by atoms with Gasteiger partial charge in [0.25, 0.3) is 0 Å². The number of para-hydroxylation sites is 1. The van der Waals surface area contributed by atoms with Gasteiger partial charge in [-0.2, -0.15) is 15.0 Å². The first kappa shape index (κ1) is 20.3. The Labute approximate surface area is 178 Å². The summed E-state index contributed by atoms with van der Waals surface area (Å²) in [5.74, 6) is 1.42. The van der Waals surface area contributed by atoms with Crippen LogP contribution in [0.3, 0.4) is 0 Å². The van der Waals surface area contributed by atoms with Crippen molar-refractivity contribution in [2.24, 2.45) is 0 Å². The Hall–Kier alpha value is -3.03. The van der Waals surface area contributed by atoms with E-state index >= 15 is 0 Å². The minimum atomic E-state index is 0.0761. The fourth-order valence-corrected chi connectivity index (χ4v) is 3.80. The molecular formula is C23H29N7.